The Labute approximate surface area is 123 Å². The minimum absolute atomic E-state index is 0.143. The van der Waals surface area contributed by atoms with Crippen LogP contribution >= 0.6 is 0 Å². The highest BCUT2D eigenvalue weighted by atomic mass is 16.4. The van der Waals surface area contributed by atoms with Crippen molar-refractivity contribution in [3.05, 3.63) is 36.0 Å². The number of H-pyrrole nitrogens is 1. The quantitative estimate of drug-likeness (QED) is 0.831. The van der Waals surface area contributed by atoms with Crippen molar-refractivity contribution < 1.29 is 14.7 Å². The Morgan fingerprint density at radius 2 is 2.05 bits per heavy atom. The van der Waals surface area contributed by atoms with Crippen LogP contribution < -0.4 is 10.4 Å². The van der Waals surface area contributed by atoms with E-state index in [-0.39, 0.29) is 18.2 Å². The summed E-state index contributed by atoms with van der Waals surface area (Å²) >= 11 is 0. The third kappa shape index (κ3) is 3.42. The number of nitrogens with one attached hydrogen (secondary N) is 2. The van der Waals surface area contributed by atoms with Gasteiger partial charge < -0.3 is 20.2 Å². The zero-order valence-corrected chi connectivity index (χ0v) is 12.2. The van der Waals surface area contributed by atoms with Gasteiger partial charge in [0, 0.05) is 17.1 Å². The number of benzene rings is 1. The lowest BCUT2D eigenvalue weighted by Gasteiger charge is -2.25. The van der Waals surface area contributed by atoms with Crippen LogP contribution in [0.4, 0.5) is 0 Å². The van der Waals surface area contributed by atoms with E-state index >= 15 is 0 Å². The second-order valence-electron chi connectivity index (χ2n) is 5.29. The molecule has 21 heavy (non-hydrogen) atoms. The summed E-state index contributed by atoms with van der Waals surface area (Å²) in [5, 5.41) is 14.6. The number of hydrogen-bond donors (Lipinski definition) is 2. The maximum atomic E-state index is 12.1. The van der Waals surface area contributed by atoms with Crippen LogP contribution in [-0.2, 0) is 16.0 Å². The first kappa shape index (κ1) is 15.1. The topological polar surface area (TPSA) is 85.0 Å². The summed E-state index contributed by atoms with van der Waals surface area (Å²) < 4.78 is 0. The van der Waals surface area contributed by atoms with Gasteiger partial charge in [-0.3, -0.25) is 4.79 Å². The van der Waals surface area contributed by atoms with Crippen LogP contribution in [0.2, 0.25) is 0 Å². The van der Waals surface area contributed by atoms with E-state index in [0.29, 0.717) is 6.42 Å². The Bertz CT molecular complexity index is 648. The Kier molecular flexibility index (Phi) is 4.62. The molecule has 1 aromatic heterocycles. The molecular weight excluding hydrogens is 268 g/mol. The molecule has 0 bridgehead atoms. The van der Waals surface area contributed by atoms with Gasteiger partial charge in [-0.2, -0.15) is 0 Å². The van der Waals surface area contributed by atoms with Crippen molar-refractivity contribution in [3.8, 4) is 0 Å². The lowest BCUT2D eigenvalue weighted by Crippen LogP contribution is -2.51. The average Bonchev–Trinajstić information content (AvgIpc) is 2.87. The first-order valence-corrected chi connectivity index (χ1v) is 7.08. The van der Waals surface area contributed by atoms with E-state index in [9.17, 15) is 14.7 Å². The molecule has 0 aliphatic carbocycles. The molecule has 0 spiro atoms. The molecule has 0 saturated carbocycles. The predicted molar refractivity (Wildman–Crippen MR) is 78.4 cm³/mol. The van der Waals surface area contributed by atoms with E-state index in [2.05, 4.69) is 10.3 Å². The third-order valence-corrected chi connectivity index (χ3v) is 3.81. The van der Waals surface area contributed by atoms with Gasteiger partial charge in [0.25, 0.3) is 0 Å². The van der Waals surface area contributed by atoms with Gasteiger partial charge >= 0.3 is 0 Å². The molecule has 2 aromatic rings. The van der Waals surface area contributed by atoms with Crippen LogP contribution in [0.1, 0.15) is 25.8 Å². The monoisotopic (exact) mass is 287 g/mol. The summed E-state index contributed by atoms with van der Waals surface area (Å²) in [5.41, 5.74) is 1.81. The van der Waals surface area contributed by atoms with Gasteiger partial charge in [-0.15, -0.1) is 0 Å². The fraction of sp³-hybridized carbons (Fsp3) is 0.375. The summed E-state index contributed by atoms with van der Waals surface area (Å²) in [6.45, 7) is 3.67. The van der Waals surface area contributed by atoms with Crippen LogP contribution in [0.25, 0.3) is 10.9 Å². The number of fused-ring (bicyclic) bond motifs is 1. The molecule has 5 nitrogen and oxygen atoms in total. The fourth-order valence-electron chi connectivity index (χ4n) is 2.34. The Morgan fingerprint density at radius 1 is 1.33 bits per heavy atom. The van der Waals surface area contributed by atoms with Crippen LogP contribution in [0.3, 0.4) is 0 Å². The molecule has 0 radical (unpaired) electrons. The molecule has 2 atom stereocenters. The zero-order valence-electron chi connectivity index (χ0n) is 12.2. The maximum Gasteiger partial charge on any atom is 0.225 e. The molecule has 5 heteroatoms. The Hall–Kier alpha value is -2.30. The highest BCUT2D eigenvalue weighted by molar-refractivity contribution is 5.90. The Balaban J connectivity index is 2.09. The number of aromatic amines is 1. The highest BCUT2D eigenvalue weighted by Crippen LogP contribution is 2.18. The summed E-state index contributed by atoms with van der Waals surface area (Å²) in [7, 11) is 0. The number of carbonyl (C=O) groups is 2. The van der Waals surface area contributed by atoms with E-state index in [1.54, 1.807) is 13.1 Å². The molecule has 0 aliphatic heterocycles. The minimum atomic E-state index is -1.24. The molecule has 0 unspecified atom stereocenters. The lowest BCUT2D eigenvalue weighted by atomic mass is 9.99. The predicted octanol–water partition coefficient (Wildman–Crippen LogP) is 0.991. The van der Waals surface area contributed by atoms with Crippen LogP contribution in [0.15, 0.2) is 30.5 Å². The number of amides is 1. The van der Waals surface area contributed by atoms with E-state index in [4.69, 9.17) is 0 Å². The van der Waals surface area contributed by atoms with Gasteiger partial charge in [-0.1, -0.05) is 38.5 Å². The number of hydrogen-bond acceptors (Lipinski definition) is 3. The number of carboxylic acid groups (broad SMARTS) is 1. The van der Waals surface area contributed by atoms with Crippen molar-refractivity contribution in [2.45, 2.75) is 32.7 Å². The molecule has 112 valence electrons. The van der Waals surface area contributed by atoms with Gasteiger partial charge in [0.15, 0.2) is 0 Å². The van der Waals surface area contributed by atoms with Crippen molar-refractivity contribution in [3.63, 3.8) is 0 Å². The van der Waals surface area contributed by atoms with E-state index in [1.165, 1.54) is 0 Å². The molecular formula is C16H19N2O3-. The number of rotatable bonds is 6. The van der Waals surface area contributed by atoms with Crippen molar-refractivity contribution in [1.82, 2.24) is 10.3 Å². The minimum Gasteiger partial charge on any atom is -0.548 e. The van der Waals surface area contributed by atoms with Gasteiger partial charge in [0.2, 0.25) is 5.91 Å². The first-order chi connectivity index (χ1) is 10.0. The molecule has 0 fully saturated rings. The van der Waals surface area contributed by atoms with E-state index in [0.717, 1.165) is 16.5 Å². The number of aliphatic carboxylic acids is 1. The fourth-order valence-corrected chi connectivity index (χ4v) is 2.34. The molecule has 1 amide bonds. The molecule has 2 rings (SSSR count). The van der Waals surface area contributed by atoms with Crippen molar-refractivity contribution in [2.24, 2.45) is 5.92 Å². The van der Waals surface area contributed by atoms with Crippen molar-refractivity contribution in [2.75, 3.05) is 0 Å². The van der Waals surface area contributed by atoms with Gasteiger partial charge in [0.1, 0.15) is 0 Å². The normalized spacial score (nSPS) is 13.8. The number of carboxylic acids is 1. The maximum absolute atomic E-state index is 12.1. The summed E-state index contributed by atoms with van der Waals surface area (Å²) in [6, 6.07) is 6.73. The number of para-hydroxylation sites is 1. The SMILES string of the molecule is CC[C@@H](C)[C@@H](NC(=O)Cc1c[nH]c2ccccc12)C(=O)[O-]. The molecule has 2 N–H and O–H groups in total. The third-order valence-electron chi connectivity index (χ3n) is 3.81. The van der Waals surface area contributed by atoms with E-state index in [1.807, 2.05) is 31.2 Å². The van der Waals surface area contributed by atoms with Crippen LogP contribution in [0, 0.1) is 5.92 Å². The molecule has 0 aliphatic rings. The standard InChI is InChI=1S/C16H20N2O3/c1-3-10(2)15(16(20)21)18-14(19)8-11-9-17-13-7-5-4-6-12(11)13/h4-7,9-10,15,17H,3,8H2,1-2H3,(H,18,19)(H,20,21)/p-1/t10-,15-/m1/s1. The first-order valence-electron chi connectivity index (χ1n) is 7.08. The van der Waals surface area contributed by atoms with Crippen molar-refractivity contribution in [1.29, 1.82) is 0 Å². The van der Waals surface area contributed by atoms with Crippen LogP contribution in [-0.4, -0.2) is 22.9 Å². The molecule has 0 saturated heterocycles. The lowest BCUT2D eigenvalue weighted by molar-refractivity contribution is -0.309. The second-order valence-corrected chi connectivity index (χ2v) is 5.29. The molecule has 1 aromatic carbocycles. The Morgan fingerprint density at radius 3 is 2.71 bits per heavy atom. The highest BCUT2D eigenvalue weighted by Gasteiger charge is 2.20. The van der Waals surface area contributed by atoms with Gasteiger partial charge in [0.05, 0.1) is 18.4 Å². The number of aromatic nitrogens is 1. The summed E-state index contributed by atoms with van der Waals surface area (Å²) in [4.78, 5) is 26.3. The van der Waals surface area contributed by atoms with Crippen molar-refractivity contribution >= 4 is 22.8 Å². The average molecular weight is 287 g/mol. The van der Waals surface area contributed by atoms with Gasteiger partial charge in [-0.05, 0) is 17.5 Å². The van der Waals surface area contributed by atoms with Gasteiger partial charge in [-0.25, -0.2) is 0 Å². The zero-order chi connectivity index (χ0) is 15.4. The van der Waals surface area contributed by atoms with E-state index < -0.39 is 12.0 Å². The second kappa shape index (κ2) is 6.43. The summed E-state index contributed by atoms with van der Waals surface area (Å²) in [5.74, 6) is -1.72. The largest absolute Gasteiger partial charge is 0.548 e. The van der Waals surface area contributed by atoms with Crippen LogP contribution in [0.5, 0.6) is 0 Å². The summed E-state index contributed by atoms with van der Waals surface area (Å²) in [6.07, 6.45) is 2.58. The smallest absolute Gasteiger partial charge is 0.225 e. The molecule has 1 heterocycles. The number of carbonyl (C=O) groups excluding carboxylic acids is 2.